The van der Waals surface area contributed by atoms with Gasteiger partial charge in [0.15, 0.2) is 0 Å². The first-order valence-electron chi connectivity index (χ1n) is 5.36. The number of hydrogen-bond donors (Lipinski definition) is 2. The van der Waals surface area contributed by atoms with Crippen molar-refractivity contribution in [2.24, 2.45) is 0 Å². The first-order chi connectivity index (χ1) is 8.44. The van der Waals surface area contributed by atoms with E-state index in [4.69, 9.17) is 0 Å². The monoisotopic (exact) mass is 335 g/mol. The molecule has 2 rings (SSSR count). The molecule has 5 nitrogen and oxygen atoms in total. The third-order valence-electron chi connectivity index (χ3n) is 2.72. The lowest BCUT2D eigenvalue weighted by Gasteiger charge is -2.38. The van der Waals surface area contributed by atoms with Gasteiger partial charge in [-0.1, -0.05) is 15.9 Å². The van der Waals surface area contributed by atoms with Crippen LogP contribution in [0.3, 0.4) is 0 Å². The number of benzene rings is 1. The lowest BCUT2D eigenvalue weighted by molar-refractivity contribution is 0.0600. The van der Waals surface area contributed by atoms with Gasteiger partial charge in [-0.15, -0.1) is 10.8 Å². The van der Waals surface area contributed by atoms with Crippen molar-refractivity contribution in [3.63, 3.8) is 0 Å². The highest BCUT2D eigenvalue weighted by Crippen LogP contribution is 2.51. The second-order valence-corrected chi connectivity index (χ2v) is 7.01. The van der Waals surface area contributed by atoms with E-state index in [1.807, 2.05) is 0 Å². The largest absolute Gasteiger partial charge is 0.465 e. The minimum atomic E-state index is -2.75. The van der Waals surface area contributed by atoms with Gasteiger partial charge in [-0.25, -0.2) is 4.79 Å². The molecule has 0 spiro atoms. The lowest BCUT2D eigenvalue weighted by atomic mass is 10.2. The van der Waals surface area contributed by atoms with E-state index < -0.39 is 16.7 Å². The smallest absolute Gasteiger partial charge is 0.337 e. The van der Waals surface area contributed by atoms with Gasteiger partial charge in [0.2, 0.25) is 0 Å². The van der Waals surface area contributed by atoms with Crippen LogP contribution in [0.1, 0.15) is 16.8 Å². The number of halogens is 1. The van der Waals surface area contributed by atoms with E-state index in [9.17, 15) is 13.9 Å². The Hall–Kier alpha value is -0.760. The number of carbonyl (C=O) groups is 1. The van der Waals surface area contributed by atoms with Crippen molar-refractivity contribution in [3.05, 3.63) is 28.2 Å². The van der Waals surface area contributed by atoms with Crippen molar-refractivity contribution < 1.29 is 18.6 Å². The molecule has 1 aromatic carbocycles. The van der Waals surface area contributed by atoms with Crippen molar-refractivity contribution in [2.75, 3.05) is 23.7 Å². The number of hydrogen-bond acceptors (Lipinski definition) is 5. The average molecular weight is 336 g/mol. The normalized spacial score (nSPS) is 19.7. The summed E-state index contributed by atoms with van der Waals surface area (Å²) in [5.74, 6) is -0.0826. The van der Waals surface area contributed by atoms with Gasteiger partial charge in [-0.05, 0) is 24.6 Å². The molecule has 1 saturated heterocycles. The van der Waals surface area contributed by atoms with Crippen LogP contribution in [0.5, 0.6) is 0 Å². The topological polar surface area (TPSA) is 70.0 Å². The molecule has 7 heteroatoms. The van der Waals surface area contributed by atoms with Crippen LogP contribution in [0, 0.1) is 0 Å². The van der Waals surface area contributed by atoms with Gasteiger partial charge < -0.3 is 4.74 Å². The van der Waals surface area contributed by atoms with E-state index in [2.05, 4.69) is 20.7 Å². The summed E-state index contributed by atoms with van der Waals surface area (Å²) >= 11 is 3.31. The Kier molecular flexibility index (Phi) is 3.86. The van der Waals surface area contributed by atoms with Gasteiger partial charge in [0, 0.05) is 11.0 Å². The lowest BCUT2D eigenvalue weighted by Crippen LogP contribution is -2.22. The van der Waals surface area contributed by atoms with Crippen LogP contribution in [0.15, 0.2) is 22.7 Å². The highest BCUT2D eigenvalue weighted by atomic mass is 79.9. The zero-order valence-corrected chi connectivity index (χ0v) is 12.2. The summed E-state index contributed by atoms with van der Waals surface area (Å²) in [4.78, 5) is 11.5. The molecule has 0 bridgehead atoms. The first-order valence-corrected chi connectivity index (χ1v) is 7.83. The van der Waals surface area contributed by atoms with Crippen molar-refractivity contribution >= 4 is 38.4 Å². The Morgan fingerprint density at radius 1 is 1.44 bits per heavy atom. The molecule has 1 aromatic rings. The molecule has 0 aliphatic carbocycles. The maximum Gasteiger partial charge on any atom is 0.337 e. The number of esters is 1. The summed E-state index contributed by atoms with van der Waals surface area (Å²) in [7, 11) is -1.43. The number of rotatable bonds is 2. The van der Waals surface area contributed by atoms with E-state index in [0.29, 0.717) is 28.0 Å². The maximum atomic E-state index is 11.5. The molecule has 1 heterocycles. The fourth-order valence-corrected chi connectivity index (χ4v) is 3.99. The summed E-state index contributed by atoms with van der Waals surface area (Å²) in [6, 6.07) is 5.00. The molecule has 2 N–H and O–H groups in total. The number of anilines is 1. The Bertz CT molecular complexity index is 480. The van der Waals surface area contributed by atoms with Gasteiger partial charge in [-0.3, -0.25) is 13.4 Å². The third kappa shape index (κ3) is 2.64. The maximum absolute atomic E-state index is 11.5. The summed E-state index contributed by atoms with van der Waals surface area (Å²) in [5.41, 5.74) is 0.992. The molecule has 0 saturated carbocycles. The van der Waals surface area contributed by atoms with Crippen LogP contribution in [0.2, 0.25) is 0 Å². The standard InChI is InChI=1S/C11H14BrNO4S/c1-17-11(14)8-5-9(12)7-10(6-8)13-3-2-4-18(13,15)16/h5-7,15-16H,2-4H2,1H3. The molecule has 0 amide bonds. The van der Waals surface area contributed by atoms with Gasteiger partial charge in [0.1, 0.15) is 0 Å². The Balaban J connectivity index is 2.39. The molecule has 0 aromatic heterocycles. The molecule has 0 unspecified atom stereocenters. The van der Waals surface area contributed by atoms with Crippen molar-refractivity contribution in [3.8, 4) is 0 Å². The number of nitrogens with zero attached hydrogens (tertiary/aromatic N) is 1. The fraction of sp³-hybridized carbons (Fsp3) is 0.364. The zero-order valence-electron chi connectivity index (χ0n) is 9.80. The predicted octanol–water partition coefficient (Wildman–Crippen LogP) is 3.11. The molecule has 1 aliphatic heterocycles. The Labute approximate surface area is 115 Å². The summed E-state index contributed by atoms with van der Waals surface area (Å²) in [6.45, 7) is 0.569. The van der Waals surface area contributed by atoms with Crippen molar-refractivity contribution in [1.29, 1.82) is 0 Å². The van der Waals surface area contributed by atoms with E-state index in [1.165, 1.54) is 7.11 Å². The molecule has 0 radical (unpaired) electrons. The van der Waals surface area contributed by atoms with E-state index >= 15 is 0 Å². The summed E-state index contributed by atoms with van der Waals surface area (Å²) < 4.78 is 26.7. The second kappa shape index (κ2) is 5.08. The third-order valence-corrected chi connectivity index (χ3v) is 5.12. The van der Waals surface area contributed by atoms with Crippen LogP contribution in [0.4, 0.5) is 5.69 Å². The summed E-state index contributed by atoms with van der Waals surface area (Å²) in [5, 5.41) is 0. The highest BCUT2D eigenvalue weighted by molar-refractivity contribution is 9.10. The Morgan fingerprint density at radius 3 is 2.72 bits per heavy atom. The number of ether oxygens (including phenoxy) is 1. The molecule has 1 fully saturated rings. The SMILES string of the molecule is COC(=O)c1cc(Br)cc(N2CCCS2(O)O)c1. The van der Waals surface area contributed by atoms with E-state index in [1.54, 1.807) is 22.5 Å². The van der Waals surface area contributed by atoms with E-state index in [-0.39, 0.29) is 0 Å². The number of methoxy groups -OCH3 is 1. The minimum absolute atomic E-state index is 0.368. The molecular formula is C11H14BrNO4S. The molecule has 0 atom stereocenters. The van der Waals surface area contributed by atoms with Crippen LogP contribution in [0.25, 0.3) is 0 Å². The molecule has 100 valence electrons. The fourth-order valence-electron chi connectivity index (χ4n) is 1.91. The van der Waals surface area contributed by atoms with Gasteiger partial charge in [-0.2, -0.15) is 0 Å². The average Bonchev–Trinajstić information content (AvgIpc) is 2.67. The quantitative estimate of drug-likeness (QED) is 0.812. The van der Waals surface area contributed by atoms with Gasteiger partial charge in [0.25, 0.3) is 0 Å². The van der Waals surface area contributed by atoms with E-state index in [0.717, 1.165) is 6.42 Å². The minimum Gasteiger partial charge on any atom is -0.465 e. The molecule has 1 aliphatic rings. The molecule has 18 heavy (non-hydrogen) atoms. The predicted molar refractivity (Wildman–Crippen MR) is 75.2 cm³/mol. The highest BCUT2D eigenvalue weighted by Gasteiger charge is 2.29. The zero-order chi connectivity index (χ0) is 13.3. The van der Waals surface area contributed by atoms with Crippen LogP contribution in [-0.4, -0.2) is 34.5 Å². The van der Waals surface area contributed by atoms with Gasteiger partial charge in [0.05, 0.1) is 24.1 Å². The van der Waals surface area contributed by atoms with Gasteiger partial charge >= 0.3 is 5.97 Å². The van der Waals surface area contributed by atoms with Crippen molar-refractivity contribution in [1.82, 2.24) is 0 Å². The van der Waals surface area contributed by atoms with Crippen LogP contribution in [-0.2, 0) is 4.74 Å². The molecular weight excluding hydrogens is 322 g/mol. The van der Waals surface area contributed by atoms with Crippen molar-refractivity contribution in [2.45, 2.75) is 6.42 Å². The summed E-state index contributed by atoms with van der Waals surface area (Å²) in [6.07, 6.45) is 0.725. The number of carbonyl (C=O) groups excluding carboxylic acids is 1. The first kappa shape index (κ1) is 13.7. The second-order valence-electron chi connectivity index (χ2n) is 3.98. The van der Waals surface area contributed by atoms with Crippen LogP contribution >= 0.6 is 26.7 Å². The van der Waals surface area contributed by atoms with Crippen LogP contribution < -0.4 is 4.31 Å². The Morgan fingerprint density at radius 2 is 2.17 bits per heavy atom.